The zero-order valence-electron chi connectivity index (χ0n) is 10.1. The van der Waals surface area contributed by atoms with Gasteiger partial charge in [0.15, 0.2) is 0 Å². The summed E-state index contributed by atoms with van der Waals surface area (Å²) in [6, 6.07) is 8.02. The number of amides is 1. The fraction of sp³-hybridized carbons (Fsp3) is 0.462. The zero-order chi connectivity index (χ0) is 12.7. The molecule has 1 aromatic rings. The SMILES string of the molecule is C[C@H](NC(=O)CCCCN)c1ccc(Br)cc1. The topological polar surface area (TPSA) is 55.1 Å². The number of carbonyl (C=O) groups excluding carboxylic acids is 1. The van der Waals surface area contributed by atoms with Crippen LogP contribution in [0.3, 0.4) is 0 Å². The molecule has 1 rings (SSSR count). The highest BCUT2D eigenvalue weighted by Crippen LogP contribution is 2.16. The average molecular weight is 299 g/mol. The smallest absolute Gasteiger partial charge is 0.220 e. The Morgan fingerprint density at radius 1 is 1.35 bits per heavy atom. The van der Waals surface area contributed by atoms with Gasteiger partial charge >= 0.3 is 0 Å². The predicted octanol–water partition coefficient (Wildman–Crippen LogP) is 2.76. The molecule has 0 aromatic heterocycles. The average Bonchev–Trinajstić information content (AvgIpc) is 2.30. The van der Waals surface area contributed by atoms with Crippen molar-refractivity contribution < 1.29 is 4.79 Å². The van der Waals surface area contributed by atoms with Gasteiger partial charge in [-0.3, -0.25) is 4.79 Å². The second-order valence-corrected chi connectivity index (χ2v) is 5.00. The van der Waals surface area contributed by atoms with Crippen molar-refractivity contribution in [1.82, 2.24) is 5.32 Å². The van der Waals surface area contributed by atoms with Crippen molar-refractivity contribution in [3.05, 3.63) is 34.3 Å². The van der Waals surface area contributed by atoms with Crippen molar-refractivity contribution >= 4 is 21.8 Å². The molecule has 0 fully saturated rings. The maximum atomic E-state index is 11.6. The van der Waals surface area contributed by atoms with E-state index in [9.17, 15) is 4.79 Å². The lowest BCUT2D eigenvalue weighted by molar-refractivity contribution is -0.121. The molecular weight excluding hydrogens is 280 g/mol. The third-order valence-corrected chi connectivity index (χ3v) is 3.13. The van der Waals surface area contributed by atoms with Gasteiger partial charge in [-0.05, 0) is 44.0 Å². The van der Waals surface area contributed by atoms with Crippen LogP contribution < -0.4 is 11.1 Å². The lowest BCUT2D eigenvalue weighted by atomic mass is 10.1. The van der Waals surface area contributed by atoms with Gasteiger partial charge in [0, 0.05) is 10.9 Å². The van der Waals surface area contributed by atoms with Crippen LogP contribution >= 0.6 is 15.9 Å². The van der Waals surface area contributed by atoms with E-state index in [-0.39, 0.29) is 11.9 Å². The van der Waals surface area contributed by atoms with E-state index in [4.69, 9.17) is 5.73 Å². The van der Waals surface area contributed by atoms with Gasteiger partial charge < -0.3 is 11.1 Å². The zero-order valence-corrected chi connectivity index (χ0v) is 11.7. The minimum atomic E-state index is 0.0495. The molecule has 1 atom stereocenters. The van der Waals surface area contributed by atoms with E-state index in [1.165, 1.54) is 0 Å². The van der Waals surface area contributed by atoms with Crippen molar-refractivity contribution in [1.29, 1.82) is 0 Å². The number of carbonyl (C=O) groups is 1. The second kappa shape index (κ2) is 7.45. The van der Waals surface area contributed by atoms with Crippen molar-refractivity contribution in [2.24, 2.45) is 5.73 Å². The first-order valence-corrected chi connectivity index (χ1v) is 6.67. The van der Waals surface area contributed by atoms with E-state index >= 15 is 0 Å². The number of nitrogens with two attached hydrogens (primary N) is 1. The maximum absolute atomic E-state index is 11.6. The Bertz CT molecular complexity index is 351. The van der Waals surface area contributed by atoms with E-state index < -0.39 is 0 Å². The largest absolute Gasteiger partial charge is 0.350 e. The first kappa shape index (κ1) is 14.2. The number of rotatable bonds is 6. The van der Waals surface area contributed by atoms with Gasteiger partial charge in [-0.15, -0.1) is 0 Å². The van der Waals surface area contributed by atoms with E-state index in [1.54, 1.807) is 0 Å². The van der Waals surface area contributed by atoms with Gasteiger partial charge in [0.25, 0.3) is 0 Å². The molecule has 3 nitrogen and oxygen atoms in total. The minimum Gasteiger partial charge on any atom is -0.350 e. The van der Waals surface area contributed by atoms with E-state index in [2.05, 4.69) is 21.2 Å². The molecule has 17 heavy (non-hydrogen) atoms. The van der Waals surface area contributed by atoms with Crippen molar-refractivity contribution in [3.8, 4) is 0 Å². The van der Waals surface area contributed by atoms with Gasteiger partial charge in [-0.1, -0.05) is 28.1 Å². The summed E-state index contributed by atoms with van der Waals surface area (Å²) in [5, 5.41) is 2.98. The molecule has 0 aliphatic carbocycles. The van der Waals surface area contributed by atoms with Crippen molar-refractivity contribution in [3.63, 3.8) is 0 Å². The fourth-order valence-corrected chi connectivity index (χ4v) is 1.84. The maximum Gasteiger partial charge on any atom is 0.220 e. The van der Waals surface area contributed by atoms with Gasteiger partial charge in [0.1, 0.15) is 0 Å². The summed E-state index contributed by atoms with van der Waals surface area (Å²) >= 11 is 3.39. The fourth-order valence-electron chi connectivity index (χ4n) is 1.58. The van der Waals surface area contributed by atoms with E-state index in [1.807, 2.05) is 31.2 Å². The molecule has 0 heterocycles. The molecular formula is C13H19BrN2O. The van der Waals surface area contributed by atoms with Crippen LogP contribution in [0.15, 0.2) is 28.7 Å². The summed E-state index contributed by atoms with van der Waals surface area (Å²) in [5.41, 5.74) is 6.50. The minimum absolute atomic E-state index is 0.0495. The Balaban J connectivity index is 2.40. The van der Waals surface area contributed by atoms with Crippen molar-refractivity contribution in [2.75, 3.05) is 6.54 Å². The number of halogens is 1. The highest BCUT2D eigenvalue weighted by molar-refractivity contribution is 9.10. The molecule has 94 valence electrons. The lowest BCUT2D eigenvalue weighted by Crippen LogP contribution is -2.26. The molecule has 0 aliphatic heterocycles. The highest BCUT2D eigenvalue weighted by atomic mass is 79.9. The highest BCUT2D eigenvalue weighted by Gasteiger charge is 2.08. The Morgan fingerprint density at radius 2 is 2.00 bits per heavy atom. The van der Waals surface area contributed by atoms with E-state index in [0.29, 0.717) is 13.0 Å². The summed E-state index contributed by atoms with van der Waals surface area (Å²) in [4.78, 5) is 11.6. The van der Waals surface area contributed by atoms with Crippen LogP contribution in [0.2, 0.25) is 0 Å². The molecule has 0 spiro atoms. The Hall–Kier alpha value is -0.870. The van der Waals surface area contributed by atoms with Crippen LogP contribution in [-0.2, 0) is 4.79 Å². The molecule has 0 bridgehead atoms. The van der Waals surface area contributed by atoms with Crippen LogP contribution in [0.1, 0.15) is 37.8 Å². The van der Waals surface area contributed by atoms with Gasteiger partial charge in [0.05, 0.1) is 6.04 Å². The quantitative estimate of drug-likeness (QED) is 0.794. The molecule has 0 radical (unpaired) electrons. The summed E-state index contributed by atoms with van der Waals surface area (Å²) in [5.74, 6) is 0.0915. The lowest BCUT2D eigenvalue weighted by Gasteiger charge is -2.14. The predicted molar refractivity (Wildman–Crippen MR) is 73.6 cm³/mol. The van der Waals surface area contributed by atoms with Crippen LogP contribution in [-0.4, -0.2) is 12.5 Å². The first-order chi connectivity index (χ1) is 8.13. The van der Waals surface area contributed by atoms with Crippen LogP contribution in [0.4, 0.5) is 0 Å². The summed E-state index contributed by atoms with van der Waals surface area (Å²) < 4.78 is 1.04. The van der Waals surface area contributed by atoms with E-state index in [0.717, 1.165) is 22.9 Å². The number of nitrogens with one attached hydrogen (secondary N) is 1. The molecule has 4 heteroatoms. The first-order valence-electron chi connectivity index (χ1n) is 5.88. The molecule has 0 aliphatic rings. The van der Waals surface area contributed by atoms with Crippen LogP contribution in [0.5, 0.6) is 0 Å². The number of unbranched alkanes of at least 4 members (excludes halogenated alkanes) is 1. The van der Waals surface area contributed by atoms with Gasteiger partial charge in [0.2, 0.25) is 5.91 Å². The Kier molecular flexibility index (Phi) is 6.22. The summed E-state index contributed by atoms with van der Waals surface area (Å²) in [6.45, 7) is 2.64. The monoisotopic (exact) mass is 298 g/mol. The third kappa shape index (κ3) is 5.33. The molecule has 0 unspecified atom stereocenters. The number of benzene rings is 1. The molecule has 0 saturated carbocycles. The standard InChI is InChI=1S/C13H19BrN2O/c1-10(11-5-7-12(14)8-6-11)16-13(17)4-2-3-9-15/h5-8,10H,2-4,9,15H2,1H3,(H,16,17)/t10-/m0/s1. The second-order valence-electron chi connectivity index (χ2n) is 4.09. The number of hydrogen-bond donors (Lipinski definition) is 2. The Morgan fingerprint density at radius 3 is 2.59 bits per heavy atom. The molecule has 1 aromatic carbocycles. The molecule has 0 saturated heterocycles. The number of hydrogen-bond acceptors (Lipinski definition) is 2. The van der Waals surface area contributed by atoms with Crippen molar-refractivity contribution in [2.45, 2.75) is 32.2 Å². The Labute approximate surface area is 111 Å². The van der Waals surface area contributed by atoms with Crippen LogP contribution in [0.25, 0.3) is 0 Å². The third-order valence-electron chi connectivity index (χ3n) is 2.61. The molecule has 1 amide bonds. The normalized spacial score (nSPS) is 12.2. The van der Waals surface area contributed by atoms with Gasteiger partial charge in [-0.2, -0.15) is 0 Å². The summed E-state index contributed by atoms with van der Waals surface area (Å²) in [7, 11) is 0. The summed E-state index contributed by atoms with van der Waals surface area (Å²) in [6.07, 6.45) is 2.31. The molecule has 3 N–H and O–H groups in total. The van der Waals surface area contributed by atoms with Gasteiger partial charge in [-0.25, -0.2) is 0 Å². The van der Waals surface area contributed by atoms with Crippen LogP contribution in [0, 0.1) is 0 Å².